The lowest BCUT2D eigenvalue weighted by Crippen LogP contribution is -2.42. The number of rotatable bonds is 5. The first-order valence-corrected chi connectivity index (χ1v) is 6.73. The predicted octanol–water partition coefficient (Wildman–Crippen LogP) is 3.41. The van der Waals surface area contributed by atoms with Gasteiger partial charge in [0.15, 0.2) is 0 Å². The molecule has 6 heteroatoms. The summed E-state index contributed by atoms with van der Waals surface area (Å²) in [5, 5.41) is 12.5. The smallest absolute Gasteiger partial charge is 0.253 e. The van der Waals surface area contributed by atoms with Crippen LogP contribution in [0.15, 0.2) is 12.1 Å². The molecule has 19 heavy (non-hydrogen) atoms. The summed E-state index contributed by atoms with van der Waals surface area (Å²) in [6.07, 6.45) is 1.01. The van der Waals surface area contributed by atoms with Gasteiger partial charge in [-0.1, -0.05) is 37.0 Å². The van der Waals surface area contributed by atoms with Crippen LogP contribution < -0.4 is 5.32 Å². The molecule has 0 aliphatic rings. The molecule has 0 aliphatic carbocycles. The third-order valence-electron chi connectivity index (χ3n) is 3.15. The molecule has 0 saturated heterocycles. The number of amides is 1. The van der Waals surface area contributed by atoms with Gasteiger partial charge in [0.1, 0.15) is 5.82 Å². The molecule has 0 aliphatic heterocycles. The molecule has 0 atom stereocenters. The minimum Gasteiger partial charge on any atom is -0.388 e. The second-order valence-corrected chi connectivity index (χ2v) is 5.17. The summed E-state index contributed by atoms with van der Waals surface area (Å²) in [4.78, 5) is 11.9. The van der Waals surface area contributed by atoms with E-state index in [1.165, 1.54) is 6.07 Å². The van der Waals surface area contributed by atoms with Crippen molar-refractivity contribution >= 4 is 29.1 Å². The van der Waals surface area contributed by atoms with Gasteiger partial charge in [0, 0.05) is 6.54 Å². The molecule has 3 nitrogen and oxygen atoms in total. The molecular formula is C13H16Cl2FNO2. The molecule has 0 radical (unpaired) electrons. The van der Waals surface area contributed by atoms with Crippen molar-refractivity contribution in [3.63, 3.8) is 0 Å². The maximum Gasteiger partial charge on any atom is 0.253 e. The third kappa shape index (κ3) is 4.06. The Morgan fingerprint density at radius 3 is 2.42 bits per heavy atom. The van der Waals surface area contributed by atoms with Gasteiger partial charge in [-0.3, -0.25) is 4.79 Å². The molecule has 1 rings (SSSR count). The maximum absolute atomic E-state index is 13.3. The van der Waals surface area contributed by atoms with Crippen LogP contribution in [0.5, 0.6) is 0 Å². The van der Waals surface area contributed by atoms with E-state index < -0.39 is 17.3 Å². The zero-order chi connectivity index (χ0) is 14.6. The van der Waals surface area contributed by atoms with E-state index in [2.05, 4.69) is 5.32 Å². The Bertz CT molecular complexity index is 476. The summed E-state index contributed by atoms with van der Waals surface area (Å²) in [7, 11) is 0. The molecule has 0 unspecified atom stereocenters. The molecule has 1 aromatic carbocycles. The van der Waals surface area contributed by atoms with Crippen molar-refractivity contribution in [2.45, 2.75) is 32.3 Å². The highest BCUT2D eigenvalue weighted by molar-refractivity contribution is 6.36. The van der Waals surface area contributed by atoms with Crippen LogP contribution in [-0.2, 0) is 0 Å². The molecule has 2 N–H and O–H groups in total. The molecule has 0 spiro atoms. The van der Waals surface area contributed by atoms with Gasteiger partial charge in [0.25, 0.3) is 5.91 Å². The van der Waals surface area contributed by atoms with Gasteiger partial charge in [0.2, 0.25) is 0 Å². The fourth-order valence-electron chi connectivity index (χ4n) is 1.54. The Kier molecular flexibility index (Phi) is 5.59. The lowest BCUT2D eigenvalue weighted by atomic mass is 9.97. The van der Waals surface area contributed by atoms with E-state index in [1.54, 1.807) is 0 Å². The summed E-state index contributed by atoms with van der Waals surface area (Å²) in [6.45, 7) is 3.73. The van der Waals surface area contributed by atoms with Gasteiger partial charge < -0.3 is 10.4 Å². The van der Waals surface area contributed by atoms with Gasteiger partial charge in [-0.05, 0) is 25.0 Å². The quantitative estimate of drug-likeness (QED) is 0.819. The van der Waals surface area contributed by atoms with Gasteiger partial charge in [0.05, 0.1) is 21.2 Å². The second-order valence-electron chi connectivity index (χ2n) is 4.36. The Hall–Kier alpha value is -0.840. The summed E-state index contributed by atoms with van der Waals surface area (Å²) >= 11 is 11.4. The molecular weight excluding hydrogens is 292 g/mol. The molecule has 106 valence electrons. The van der Waals surface area contributed by atoms with Crippen molar-refractivity contribution in [2.24, 2.45) is 0 Å². The summed E-state index contributed by atoms with van der Waals surface area (Å²) < 4.78 is 13.3. The van der Waals surface area contributed by atoms with Gasteiger partial charge in [-0.15, -0.1) is 0 Å². The van der Waals surface area contributed by atoms with Crippen LogP contribution in [0.4, 0.5) is 4.39 Å². The van der Waals surface area contributed by atoms with Crippen LogP contribution in [0.1, 0.15) is 37.0 Å². The number of carbonyl (C=O) groups is 1. The highest BCUT2D eigenvalue weighted by Crippen LogP contribution is 2.24. The largest absolute Gasteiger partial charge is 0.388 e. The van der Waals surface area contributed by atoms with Crippen LogP contribution in [0.2, 0.25) is 10.0 Å². The van der Waals surface area contributed by atoms with Crippen molar-refractivity contribution in [1.82, 2.24) is 5.32 Å². The number of hydrogen-bond donors (Lipinski definition) is 2. The lowest BCUT2D eigenvalue weighted by Gasteiger charge is -2.25. The van der Waals surface area contributed by atoms with Crippen molar-refractivity contribution in [3.05, 3.63) is 33.6 Å². The topological polar surface area (TPSA) is 49.3 Å². The zero-order valence-corrected chi connectivity index (χ0v) is 12.3. The number of halogens is 3. The van der Waals surface area contributed by atoms with E-state index in [0.29, 0.717) is 12.8 Å². The number of carbonyl (C=O) groups excluding carboxylic acids is 1. The monoisotopic (exact) mass is 307 g/mol. The fraction of sp³-hybridized carbons (Fsp3) is 0.462. The molecule has 1 aromatic rings. The zero-order valence-electron chi connectivity index (χ0n) is 10.8. The second kappa shape index (κ2) is 6.55. The molecule has 1 amide bonds. The average molecular weight is 308 g/mol. The SMILES string of the molecule is CCC(O)(CC)CNC(=O)c1cc(F)c(Cl)cc1Cl. The van der Waals surface area contributed by atoms with E-state index >= 15 is 0 Å². The molecule has 0 saturated carbocycles. The van der Waals surface area contributed by atoms with E-state index in [4.69, 9.17) is 23.2 Å². The number of nitrogens with one attached hydrogen (secondary N) is 1. The van der Waals surface area contributed by atoms with Crippen molar-refractivity contribution < 1.29 is 14.3 Å². The van der Waals surface area contributed by atoms with Gasteiger partial charge in [-0.2, -0.15) is 0 Å². The van der Waals surface area contributed by atoms with Gasteiger partial charge >= 0.3 is 0 Å². The minimum absolute atomic E-state index is 0.00174. The molecule has 0 aromatic heterocycles. The first-order chi connectivity index (χ1) is 8.83. The normalized spacial score (nSPS) is 11.5. The number of hydrogen-bond acceptors (Lipinski definition) is 2. The maximum atomic E-state index is 13.3. The van der Waals surface area contributed by atoms with E-state index in [0.717, 1.165) is 6.07 Å². The summed E-state index contributed by atoms with van der Waals surface area (Å²) in [5.41, 5.74) is -0.967. The average Bonchev–Trinajstić information content (AvgIpc) is 2.39. The number of benzene rings is 1. The fourth-order valence-corrected chi connectivity index (χ4v) is 2.01. The van der Waals surface area contributed by atoms with E-state index in [-0.39, 0.29) is 22.2 Å². The first-order valence-electron chi connectivity index (χ1n) is 5.98. The first kappa shape index (κ1) is 16.2. The van der Waals surface area contributed by atoms with Crippen LogP contribution in [-0.4, -0.2) is 23.2 Å². The Balaban J connectivity index is 2.82. The van der Waals surface area contributed by atoms with Crippen molar-refractivity contribution in [3.8, 4) is 0 Å². The Morgan fingerprint density at radius 1 is 1.32 bits per heavy atom. The van der Waals surface area contributed by atoms with Gasteiger partial charge in [-0.25, -0.2) is 4.39 Å². The Labute approximate surface area is 121 Å². The van der Waals surface area contributed by atoms with Crippen molar-refractivity contribution in [2.75, 3.05) is 6.54 Å². The van der Waals surface area contributed by atoms with Crippen LogP contribution in [0, 0.1) is 5.82 Å². The highest BCUT2D eigenvalue weighted by Gasteiger charge is 2.24. The summed E-state index contributed by atoms with van der Waals surface area (Å²) in [6, 6.07) is 2.16. The van der Waals surface area contributed by atoms with E-state index in [9.17, 15) is 14.3 Å². The predicted molar refractivity (Wildman–Crippen MR) is 74.3 cm³/mol. The van der Waals surface area contributed by atoms with Crippen LogP contribution in [0.25, 0.3) is 0 Å². The van der Waals surface area contributed by atoms with Crippen LogP contribution >= 0.6 is 23.2 Å². The molecule has 0 heterocycles. The summed E-state index contributed by atoms with van der Waals surface area (Å²) in [5.74, 6) is -1.25. The van der Waals surface area contributed by atoms with E-state index in [1.807, 2.05) is 13.8 Å². The minimum atomic E-state index is -0.965. The van der Waals surface area contributed by atoms with Crippen molar-refractivity contribution in [1.29, 1.82) is 0 Å². The molecule has 0 fully saturated rings. The lowest BCUT2D eigenvalue weighted by molar-refractivity contribution is 0.0314. The van der Waals surface area contributed by atoms with Crippen LogP contribution in [0.3, 0.4) is 0 Å². The Morgan fingerprint density at radius 2 is 1.89 bits per heavy atom. The number of aliphatic hydroxyl groups is 1. The molecule has 0 bridgehead atoms. The third-order valence-corrected chi connectivity index (χ3v) is 3.75. The standard InChI is InChI=1S/C13H16Cl2FNO2/c1-3-13(19,4-2)7-17-12(18)8-5-11(16)10(15)6-9(8)14/h5-6,19H,3-4,7H2,1-2H3,(H,17,18). The highest BCUT2D eigenvalue weighted by atomic mass is 35.5.